The van der Waals surface area contributed by atoms with Gasteiger partial charge in [-0.3, -0.25) is 9.58 Å². The topological polar surface area (TPSA) is 47.1 Å². The Hall–Kier alpha value is -1.65. The molecule has 4 nitrogen and oxygen atoms in total. The molecule has 108 valence electrons. The Morgan fingerprint density at radius 2 is 2.05 bits per heavy atom. The van der Waals surface area contributed by atoms with Crippen LogP contribution in [0.2, 0.25) is 0 Å². The quantitative estimate of drug-likeness (QED) is 0.908. The van der Waals surface area contributed by atoms with Crippen molar-refractivity contribution in [1.29, 1.82) is 0 Å². The Labute approximate surface area is 121 Å². The molecular formula is C16H24N4. The SMILES string of the molecule is Cc1ccccc1CN(C)C(c1cnn(C)c1)C(C)N. The van der Waals surface area contributed by atoms with Crippen LogP contribution in [0, 0.1) is 6.92 Å². The minimum atomic E-state index is 0.0493. The van der Waals surface area contributed by atoms with Gasteiger partial charge in [0.15, 0.2) is 0 Å². The Balaban J connectivity index is 2.20. The van der Waals surface area contributed by atoms with Crippen molar-refractivity contribution in [3.05, 3.63) is 53.3 Å². The van der Waals surface area contributed by atoms with E-state index in [4.69, 9.17) is 5.73 Å². The number of aromatic nitrogens is 2. The number of nitrogens with two attached hydrogens (primary N) is 1. The first-order chi connectivity index (χ1) is 9.49. The van der Waals surface area contributed by atoms with Crippen LogP contribution in [-0.2, 0) is 13.6 Å². The second kappa shape index (κ2) is 6.20. The van der Waals surface area contributed by atoms with Gasteiger partial charge in [0.25, 0.3) is 0 Å². The first-order valence-corrected chi connectivity index (χ1v) is 6.98. The Bertz CT molecular complexity index is 559. The largest absolute Gasteiger partial charge is 0.326 e. The first kappa shape index (κ1) is 14.8. The maximum absolute atomic E-state index is 6.19. The molecule has 0 saturated carbocycles. The Kier molecular flexibility index (Phi) is 4.57. The lowest BCUT2D eigenvalue weighted by Gasteiger charge is -2.30. The van der Waals surface area contributed by atoms with Gasteiger partial charge >= 0.3 is 0 Å². The molecule has 0 aliphatic carbocycles. The predicted molar refractivity (Wildman–Crippen MR) is 82.2 cm³/mol. The smallest absolute Gasteiger partial charge is 0.0538 e. The fraction of sp³-hybridized carbons (Fsp3) is 0.438. The number of benzene rings is 1. The van der Waals surface area contributed by atoms with Crippen molar-refractivity contribution < 1.29 is 0 Å². The van der Waals surface area contributed by atoms with Gasteiger partial charge in [-0.25, -0.2) is 0 Å². The summed E-state index contributed by atoms with van der Waals surface area (Å²) in [6.07, 6.45) is 3.95. The van der Waals surface area contributed by atoms with Gasteiger partial charge in [-0.1, -0.05) is 24.3 Å². The first-order valence-electron chi connectivity index (χ1n) is 6.98. The third kappa shape index (κ3) is 3.26. The second-order valence-corrected chi connectivity index (χ2v) is 5.59. The predicted octanol–water partition coefficient (Wildman–Crippen LogP) is 2.25. The molecule has 2 unspecified atom stereocenters. The number of likely N-dealkylation sites (N-methyl/N-ethyl adjacent to an activating group) is 1. The number of hydrogen-bond donors (Lipinski definition) is 1. The lowest BCUT2D eigenvalue weighted by molar-refractivity contribution is 0.210. The summed E-state index contributed by atoms with van der Waals surface area (Å²) in [5, 5.41) is 4.26. The highest BCUT2D eigenvalue weighted by Gasteiger charge is 2.22. The van der Waals surface area contributed by atoms with E-state index in [0.717, 1.165) is 6.54 Å². The minimum Gasteiger partial charge on any atom is -0.326 e. The van der Waals surface area contributed by atoms with Gasteiger partial charge < -0.3 is 5.73 Å². The van der Waals surface area contributed by atoms with Crippen molar-refractivity contribution in [3.63, 3.8) is 0 Å². The van der Waals surface area contributed by atoms with Crippen LogP contribution in [0.4, 0.5) is 0 Å². The Morgan fingerprint density at radius 3 is 2.60 bits per heavy atom. The van der Waals surface area contributed by atoms with Crippen LogP contribution in [0.15, 0.2) is 36.7 Å². The van der Waals surface area contributed by atoms with Gasteiger partial charge in [-0.2, -0.15) is 5.10 Å². The van der Waals surface area contributed by atoms with Crippen molar-refractivity contribution >= 4 is 0 Å². The van der Waals surface area contributed by atoms with Crippen LogP contribution in [0.5, 0.6) is 0 Å². The number of rotatable bonds is 5. The molecular weight excluding hydrogens is 248 g/mol. The molecule has 20 heavy (non-hydrogen) atoms. The zero-order chi connectivity index (χ0) is 14.7. The van der Waals surface area contributed by atoms with Crippen molar-refractivity contribution in [2.24, 2.45) is 12.8 Å². The highest BCUT2D eigenvalue weighted by Crippen LogP contribution is 2.24. The number of nitrogens with zero attached hydrogens (tertiary/aromatic N) is 3. The summed E-state index contributed by atoms with van der Waals surface area (Å²) in [4.78, 5) is 2.30. The maximum atomic E-state index is 6.19. The van der Waals surface area contributed by atoms with E-state index in [9.17, 15) is 0 Å². The lowest BCUT2D eigenvalue weighted by atomic mass is 10.0. The van der Waals surface area contributed by atoms with Crippen LogP contribution in [0.25, 0.3) is 0 Å². The molecule has 0 aliphatic rings. The molecule has 2 aromatic rings. The highest BCUT2D eigenvalue weighted by atomic mass is 15.2. The molecule has 0 radical (unpaired) electrons. The molecule has 4 heteroatoms. The fourth-order valence-electron chi connectivity index (χ4n) is 2.71. The van der Waals surface area contributed by atoms with Gasteiger partial charge in [-0.15, -0.1) is 0 Å². The van der Waals surface area contributed by atoms with E-state index in [1.54, 1.807) is 0 Å². The average molecular weight is 272 g/mol. The monoisotopic (exact) mass is 272 g/mol. The number of aryl methyl sites for hydroxylation is 2. The van der Waals surface area contributed by atoms with Crippen LogP contribution in [0.1, 0.15) is 29.7 Å². The lowest BCUT2D eigenvalue weighted by Crippen LogP contribution is -2.36. The van der Waals surface area contributed by atoms with E-state index in [2.05, 4.69) is 48.2 Å². The summed E-state index contributed by atoms with van der Waals surface area (Å²) in [5.74, 6) is 0. The van der Waals surface area contributed by atoms with Crippen LogP contribution >= 0.6 is 0 Å². The fourth-order valence-corrected chi connectivity index (χ4v) is 2.71. The highest BCUT2D eigenvalue weighted by molar-refractivity contribution is 5.26. The van der Waals surface area contributed by atoms with Gasteiger partial charge in [0.05, 0.1) is 12.2 Å². The van der Waals surface area contributed by atoms with Gasteiger partial charge in [0, 0.05) is 31.4 Å². The molecule has 1 heterocycles. The van der Waals surface area contributed by atoms with Gasteiger partial charge in [-0.05, 0) is 32.0 Å². The van der Waals surface area contributed by atoms with Crippen molar-refractivity contribution in [2.75, 3.05) is 7.05 Å². The molecule has 0 bridgehead atoms. The van der Waals surface area contributed by atoms with Gasteiger partial charge in [0.1, 0.15) is 0 Å². The summed E-state index contributed by atoms with van der Waals surface area (Å²) < 4.78 is 1.83. The van der Waals surface area contributed by atoms with E-state index in [0.29, 0.717) is 0 Å². The van der Waals surface area contributed by atoms with Crippen LogP contribution < -0.4 is 5.73 Å². The van der Waals surface area contributed by atoms with Gasteiger partial charge in [0.2, 0.25) is 0 Å². The summed E-state index contributed by atoms with van der Waals surface area (Å²) >= 11 is 0. The minimum absolute atomic E-state index is 0.0493. The normalized spacial score (nSPS) is 14.5. The molecule has 0 spiro atoms. The van der Waals surface area contributed by atoms with E-state index in [1.807, 2.05) is 31.0 Å². The molecule has 0 saturated heterocycles. The second-order valence-electron chi connectivity index (χ2n) is 5.59. The summed E-state index contributed by atoms with van der Waals surface area (Å²) in [5.41, 5.74) is 10.0. The zero-order valence-corrected chi connectivity index (χ0v) is 12.7. The number of hydrogen-bond acceptors (Lipinski definition) is 3. The molecule has 0 amide bonds. The molecule has 1 aromatic carbocycles. The summed E-state index contributed by atoms with van der Waals surface area (Å²) in [6.45, 7) is 5.08. The van der Waals surface area contributed by atoms with E-state index in [1.165, 1.54) is 16.7 Å². The van der Waals surface area contributed by atoms with Crippen LogP contribution in [-0.4, -0.2) is 27.8 Å². The molecule has 2 atom stereocenters. The van der Waals surface area contributed by atoms with Crippen molar-refractivity contribution in [1.82, 2.24) is 14.7 Å². The third-order valence-corrected chi connectivity index (χ3v) is 3.72. The van der Waals surface area contributed by atoms with E-state index < -0.39 is 0 Å². The zero-order valence-electron chi connectivity index (χ0n) is 12.7. The summed E-state index contributed by atoms with van der Waals surface area (Å²) in [6, 6.07) is 8.70. The average Bonchev–Trinajstić information content (AvgIpc) is 2.78. The van der Waals surface area contributed by atoms with E-state index in [-0.39, 0.29) is 12.1 Å². The molecule has 2 N–H and O–H groups in total. The molecule has 1 aromatic heterocycles. The molecule has 0 fully saturated rings. The Morgan fingerprint density at radius 1 is 1.35 bits per heavy atom. The maximum Gasteiger partial charge on any atom is 0.0538 e. The van der Waals surface area contributed by atoms with E-state index >= 15 is 0 Å². The van der Waals surface area contributed by atoms with Crippen molar-refractivity contribution in [2.45, 2.75) is 32.5 Å². The standard InChI is InChI=1S/C16H24N4/c1-12-7-5-6-8-14(12)10-19(3)16(13(2)17)15-9-18-20(4)11-15/h5-9,11,13,16H,10,17H2,1-4H3. The summed E-state index contributed by atoms with van der Waals surface area (Å²) in [7, 11) is 4.05. The molecule has 2 rings (SSSR count). The van der Waals surface area contributed by atoms with Crippen molar-refractivity contribution in [3.8, 4) is 0 Å². The third-order valence-electron chi connectivity index (χ3n) is 3.72. The van der Waals surface area contributed by atoms with Crippen LogP contribution in [0.3, 0.4) is 0 Å². The molecule has 0 aliphatic heterocycles.